The first-order valence-electron chi connectivity index (χ1n) is 6.23. The van der Waals surface area contributed by atoms with Crippen LogP contribution in [-0.2, 0) is 4.74 Å². The molecule has 108 valence electrons. The molecule has 2 N–H and O–H groups in total. The number of aromatic nitrogens is 3. The van der Waals surface area contributed by atoms with Crippen LogP contribution in [0.5, 0.6) is 0 Å². The number of hydrogen-bond acceptors (Lipinski definition) is 7. The number of anilines is 3. The number of esters is 1. The summed E-state index contributed by atoms with van der Waals surface area (Å²) in [5.74, 6) is 0.510. The number of nitrogens with one attached hydrogen (secondary N) is 2. The Balaban J connectivity index is 2.14. The van der Waals surface area contributed by atoms with Crippen molar-refractivity contribution in [1.82, 2.24) is 15.2 Å². The van der Waals surface area contributed by atoms with Gasteiger partial charge in [-0.3, -0.25) is 0 Å². The van der Waals surface area contributed by atoms with Crippen LogP contribution in [0.15, 0.2) is 43.1 Å². The predicted octanol–water partition coefficient (Wildman–Crippen LogP) is 2.00. The van der Waals surface area contributed by atoms with E-state index in [1.165, 1.54) is 13.3 Å². The Morgan fingerprint density at radius 3 is 3.10 bits per heavy atom. The summed E-state index contributed by atoms with van der Waals surface area (Å²) in [4.78, 5) is 15.7. The number of nitrogens with zero attached hydrogens (tertiary/aromatic N) is 3. The van der Waals surface area contributed by atoms with Crippen LogP contribution in [0, 0.1) is 0 Å². The molecule has 1 heterocycles. The second-order valence-corrected chi connectivity index (χ2v) is 4.03. The lowest BCUT2D eigenvalue weighted by atomic mass is 10.2. The third-order valence-corrected chi connectivity index (χ3v) is 2.52. The Morgan fingerprint density at radius 2 is 2.33 bits per heavy atom. The highest BCUT2D eigenvalue weighted by atomic mass is 16.5. The Morgan fingerprint density at radius 1 is 1.48 bits per heavy atom. The van der Waals surface area contributed by atoms with Gasteiger partial charge in [-0.25, -0.2) is 4.79 Å². The van der Waals surface area contributed by atoms with E-state index < -0.39 is 5.97 Å². The van der Waals surface area contributed by atoms with Crippen LogP contribution in [0.2, 0.25) is 0 Å². The van der Waals surface area contributed by atoms with Gasteiger partial charge in [0.25, 0.3) is 0 Å². The molecular formula is C14H15N5O2. The fourth-order valence-corrected chi connectivity index (χ4v) is 1.59. The van der Waals surface area contributed by atoms with E-state index in [9.17, 15) is 4.79 Å². The van der Waals surface area contributed by atoms with Crippen LogP contribution >= 0.6 is 0 Å². The SMILES string of the molecule is C=CCNc1nncc(Nc2cccc(C(=O)OC)c2)n1. The highest BCUT2D eigenvalue weighted by molar-refractivity contribution is 5.90. The van der Waals surface area contributed by atoms with Gasteiger partial charge in [0, 0.05) is 12.2 Å². The summed E-state index contributed by atoms with van der Waals surface area (Å²) in [7, 11) is 1.34. The average molecular weight is 285 g/mol. The maximum atomic E-state index is 11.5. The molecule has 0 fully saturated rings. The summed E-state index contributed by atoms with van der Waals surface area (Å²) in [5.41, 5.74) is 1.16. The molecule has 0 bridgehead atoms. The van der Waals surface area contributed by atoms with E-state index in [2.05, 4.69) is 37.1 Å². The van der Waals surface area contributed by atoms with Gasteiger partial charge in [0.15, 0.2) is 5.82 Å². The number of rotatable bonds is 6. The maximum absolute atomic E-state index is 11.5. The Hall–Kier alpha value is -2.96. The third-order valence-electron chi connectivity index (χ3n) is 2.52. The lowest BCUT2D eigenvalue weighted by Crippen LogP contribution is -2.06. The standard InChI is InChI=1S/C14H15N5O2/c1-3-7-15-14-18-12(9-16-19-14)17-11-6-4-5-10(8-11)13(20)21-2/h3-6,8-9H,1,7H2,2H3,(H2,15,17,18,19). The van der Waals surface area contributed by atoms with Crippen molar-refractivity contribution in [3.63, 3.8) is 0 Å². The number of benzene rings is 1. The molecule has 0 aliphatic heterocycles. The molecule has 0 unspecified atom stereocenters. The molecule has 0 saturated heterocycles. The van der Waals surface area contributed by atoms with Gasteiger partial charge in [-0.2, -0.15) is 10.1 Å². The van der Waals surface area contributed by atoms with Gasteiger partial charge in [-0.1, -0.05) is 12.1 Å². The number of carbonyl (C=O) groups excluding carboxylic acids is 1. The molecule has 2 aromatic rings. The van der Waals surface area contributed by atoms with Crippen LogP contribution in [0.4, 0.5) is 17.5 Å². The molecule has 7 heteroatoms. The molecule has 1 aromatic carbocycles. The van der Waals surface area contributed by atoms with Crippen molar-refractivity contribution in [2.45, 2.75) is 0 Å². The molecular weight excluding hydrogens is 270 g/mol. The van der Waals surface area contributed by atoms with Crippen molar-refractivity contribution >= 4 is 23.4 Å². The minimum absolute atomic E-state index is 0.393. The highest BCUT2D eigenvalue weighted by Crippen LogP contribution is 2.16. The minimum Gasteiger partial charge on any atom is -0.465 e. The van der Waals surface area contributed by atoms with Crippen molar-refractivity contribution in [1.29, 1.82) is 0 Å². The van der Waals surface area contributed by atoms with Gasteiger partial charge in [-0.05, 0) is 18.2 Å². The molecule has 0 spiro atoms. The molecule has 1 aromatic heterocycles. The van der Waals surface area contributed by atoms with E-state index in [4.69, 9.17) is 0 Å². The summed E-state index contributed by atoms with van der Waals surface area (Å²) >= 11 is 0. The first-order chi connectivity index (χ1) is 10.2. The number of hydrogen-bond donors (Lipinski definition) is 2. The average Bonchev–Trinajstić information content (AvgIpc) is 2.53. The van der Waals surface area contributed by atoms with Gasteiger partial charge >= 0.3 is 5.97 Å². The highest BCUT2D eigenvalue weighted by Gasteiger charge is 2.06. The quantitative estimate of drug-likeness (QED) is 0.619. The van der Waals surface area contributed by atoms with Crippen LogP contribution < -0.4 is 10.6 Å². The monoisotopic (exact) mass is 285 g/mol. The third kappa shape index (κ3) is 4.00. The molecule has 0 saturated carbocycles. The summed E-state index contributed by atoms with van der Waals surface area (Å²) in [6.45, 7) is 4.15. The first kappa shape index (κ1) is 14.4. The zero-order chi connectivity index (χ0) is 15.1. The van der Waals surface area contributed by atoms with Crippen molar-refractivity contribution in [3.05, 3.63) is 48.7 Å². The van der Waals surface area contributed by atoms with Gasteiger partial charge in [0.05, 0.1) is 18.9 Å². The van der Waals surface area contributed by atoms with E-state index in [-0.39, 0.29) is 0 Å². The van der Waals surface area contributed by atoms with Crippen LogP contribution in [0.3, 0.4) is 0 Å². The van der Waals surface area contributed by atoms with Crippen LogP contribution in [0.1, 0.15) is 10.4 Å². The fourth-order valence-electron chi connectivity index (χ4n) is 1.59. The van der Waals surface area contributed by atoms with Crippen molar-refractivity contribution < 1.29 is 9.53 Å². The second-order valence-electron chi connectivity index (χ2n) is 4.03. The van der Waals surface area contributed by atoms with Crippen molar-refractivity contribution in [2.75, 3.05) is 24.3 Å². The van der Waals surface area contributed by atoms with Gasteiger partial charge < -0.3 is 15.4 Å². The molecule has 0 amide bonds. The molecule has 21 heavy (non-hydrogen) atoms. The van der Waals surface area contributed by atoms with Crippen molar-refractivity contribution in [2.24, 2.45) is 0 Å². The number of carbonyl (C=O) groups is 1. The zero-order valence-corrected chi connectivity index (χ0v) is 11.5. The van der Waals surface area contributed by atoms with E-state index >= 15 is 0 Å². The zero-order valence-electron chi connectivity index (χ0n) is 11.5. The Labute approximate surface area is 122 Å². The number of methoxy groups -OCH3 is 1. The molecule has 7 nitrogen and oxygen atoms in total. The number of ether oxygens (including phenoxy) is 1. The largest absolute Gasteiger partial charge is 0.465 e. The van der Waals surface area contributed by atoms with Crippen LogP contribution in [-0.4, -0.2) is 34.8 Å². The smallest absolute Gasteiger partial charge is 0.337 e. The summed E-state index contributed by atoms with van der Waals surface area (Å²) in [6.07, 6.45) is 3.19. The van der Waals surface area contributed by atoms with Gasteiger partial charge in [0.1, 0.15) is 0 Å². The Kier molecular flexibility index (Phi) is 4.81. The van der Waals surface area contributed by atoms with Gasteiger partial charge in [-0.15, -0.1) is 11.7 Å². The lowest BCUT2D eigenvalue weighted by Gasteiger charge is -2.07. The maximum Gasteiger partial charge on any atom is 0.337 e. The summed E-state index contributed by atoms with van der Waals surface area (Å²) in [6, 6.07) is 6.91. The summed E-state index contributed by atoms with van der Waals surface area (Å²) < 4.78 is 4.68. The topological polar surface area (TPSA) is 89.0 Å². The predicted molar refractivity (Wildman–Crippen MR) is 79.6 cm³/mol. The van der Waals surface area contributed by atoms with E-state index in [1.54, 1.807) is 24.3 Å². The normalized spacial score (nSPS) is 9.76. The molecule has 0 atom stereocenters. The van der Waals surface area contributed by atoms with Crippen LogP contribution in [0.25, 0.3) is 0 Å². The van der Waals surface area contributed by atoms with E-state index in [0.29, 0.717) is 29.6 Å². The lowest BCUT2D eigenvalue weighted by molar-refractivity contribution is 0.0601. The molecule has 0 aliphatic carbocycles. The van der Waals surface area contributed by atoms with E-state index in [0.717, 1.165) is 0 Å². The van der Waals surface area contributed by atoms with Crippen molar-refractivity contribution in [3.8, 4) is 0 Å². The Bertz CT molecular complexity index is 645. The molecule has 2 rings (SSSR count). The fraction of sp³-hybridized carbons (Fsp3) is 0.143. The minimum atomic E-state index is -0.396. The second kappa shape index (κ2) is 6.99. The molecule has 0 aliphatic rings. The molecule has 0 radical (unpaired) electrons. The first-order valence-corrected chi connectivity index (χ1v) is 6.23. The summed E-state index contributed by atoms with van der Waals surface area (Å²) in [5, 5.41) is 13.7. The van der Waals surface area contributed by atoms with E-state index in [1.807, 2.05) is 6.07 Å². The van der Waals surface area contributed by atoms with Gasteiger partial charge in [0.2, 0.25) is 5.95 Å².